The summed E-state index contributed by atoms with van der Waals surface area (Å²) in [6.45, 7) is 6.49. The first-order valence-electron chi connectivity index (χ1n) is 11.3. The Kier molecular flexibility index (Phi) is 7.05. The molecule has 0 bridgehead atoms. The van der Waals surface area contributed by atoms with E-state index in [-0.39, 0.29) is 30.4 Å². The molecule has 2 aliphatic heterocycles. The number of ether oxygens (including phenoxy) is 2. The Balaban J connectivity index is 1.47. The number of fused-ring (bicyclic) bond motifs is 1. The zero-order valence-corrected chi connectivity index (χ0v) is 18.8. The predicted octanol–water partition coefficient (Wildman–Crippen LogP) is 2.54. The second kappa shape index (κ2) is 10.1. The molecule has 0 saturated carbocycles. The van der Waals surface area contributed by atoms with E-state index in [9.17, 15) is 9.59 Å². The lowest BCUT2D eigenvalue weighted by Gasteiger charge is -2.30. The molecule has 32 heavy (non-hydrogen) atoms. The lowest BCUT2D eigenvalue weighted by molar-refractivity contribution is -0.142. The highest BCUT2D eigenvalue weighted by Gasteiger charge is 2.35. The third-order valence-corrected chi connectivity index (χ3v) is 5.86. The Morgan fingerprint density at radius 3 is 2.84 bits per heavy atom. The molecule has 0 unspecified atom stereocenters. The van der Waals surface area contributed by atoms with Crippen LogP contribution < -0.4 is 4.74 Å². The van der Waals surface area contributed by atoms with Gasteiger partial charge in [-0.2, -0.15) is 0 Å². The molecule has 170 valence electrons. The van der Waals surface area contributed by atoms with E-state index in [1.807, 2.05) is 41.3 Å². The van der Waals surface area contributed by atoms with Crippen LogP contribution in [0.25, 0.3) is 0 Å². The van der Waals surface area contributed by atoms with Crippen LogP contribution in [0.15, 0.2) is 48.8 Å². The van der Waals surface area contributed by atoms with Crippen LogP contribution in [0.3, 0.4) is 0 Å². The molecule has 1 aromatic carbocycles. The van der Waals surface area contributed by atoms with E-state index in [1.165, 1.54) is 0 Å². The normalized spacial score (nSPS) is 21.2. The van der Waals surface area contributed by atoms with Crippen LogP contribution in [0.2, 0.25) is 0 Å². The Hall–Kier alpha value is -2.93. The number of carbonyl (C=O) groups excluding carboxylic acids is 2. The van der Waals surface area contributed by atoms with Gasteiger partial charge in [-0.05, 0) is 35.6 Å². The average molecular weight is 438 g/mol. The van der Waals surface area contributed by atoms with E-state index in [1.54, 1.807) is 17.3 Å². The Bertz CT molecular complexity index is 934. The largest absolute Gasteiger partial charge is 0.492 e. The van der Waals surface area contributed by atoms with Gasteiger partial charge in [-0.15, -0.1) is 0 Å². The summed E-state index contributed by atoms with van der Waals surface area (Å²) in [5, 5.41) is 0. The SMILES string of the molecule is CC(C)CN1C[C@H](OCc2cccnc2)CN(C(=O)[C@@H]2COc3ccccc3C2)CC1=O. The molecule has 4 rings (SSSR count). The van der Waals surface area contributed by atoms with E-state index in [4.69, 9.17) is 9.47 Å². The first-order chi connectivity index (χ1) is 15.5. The molecule has 1 aromatic heterocycles. The molecule has 3 heterocycles. The van der Waals surface area contributed by atoms with Crippen molar-refractivity contribution in [2.75, 3.05) is 32.8 Å². The highest BCUT2D eigenvalue weighted by atomic mass is 16.5. The highest BCUT2D eigenvalue weighted by molar-refractivity contribution is 5.87. The molecular formula is C25H31N3O4. The number of para-hydroxylation sites is 1. The van der Waals surface area contributed by atoms with Crippen molar-refractivity contribution in [3.63, 3.8) is 0 Å². The third kappa shape index (κ3) is 5.46. The van der Waals surface area contributed by atoms with Crippen molar-refractivity contribution in [3.8, 4) is 5.75 Å². The maximum atomic E-state index is 13.4. The average Bonchev–Trinajstić information content (AvgIpc) is 2.95. The first kappa shape index (κ1) is 22.3. The molecule has 2 aliphatic rings. The van der Waals surface area contributed by atoms with Gasteiger partial charge in [0, 0.05) is 32.0 Å². The molecule has 0 aliphatic carbocycles. The number of carbonyl (C=O) groups is 2. The van der Waals surface area contributed by atoms with Gasteiger partial charge in [0.15, 0.2) is 0 Å². The Labute approximate surface area is 189 Å². The van der Waals surface area contributed by atoms with Gasteiger partial charge in [0.1, 0.15) is 12.4 Å². The predicted molar refractivity (Wildman–Crippen MR) is 120 cm³/mol. The van der Waals surface area contributed by atoms with Gasteiger partial charge in [-0.25, -0.2) is 0 Å². The van der Waals surface area contributed by atoms with Gasteiger partial charge in [0.2, 0.25) is 11.8 Å². The summed E-state index contributed by atoms with van der Waals surface area (Å²) in [4.78, 5) is 34.1. The molecule has 2 atom stereocenters. The minimum absolute atomic E-state index is 0.0309. The van der Waals surface area contributed by atoms with Gasteiger partial charge >= 0.3 is 0 Å². The first-order valence-corrected chi connectivity index (χ1v) is 11.3. The molecule has 0 radical (unpaired) electrons. The lowest BCUT2D eigenvalue weighted by atomic mass is 9.95. The molecule has 0 N–H and O–H groups in total. The van der Waals surface area contributed by atoms with E-state index < -0.39 is 0 Å². The van der Waals surface area contributed by atoms with Crippen molar-refractivity contribution in [1.29, 1.82) is 0 Å². The molecule has 2 amide bonds. The monoisotopic (exact) mass is 437 g/mol. The maximum Gasteiger partial charge on any atom is 0.242 e. The van der Waals surface area contributed by atoms with E-state index >= 15 is 0 Å². The summed E-state index contributed by atoms with van der Waals surface area (Å²) >= 11 is 0. The van der Waals surface area contributed by atoms with Gasteiger partial charge < -0.3 is 19.3 Å². The van der Waals surface area contributed by atoms with Crippen molar-refractivity contribution in [2.24, 2.45) is 11.8 Å². The molecule has 7 heteroatoms. The summed E-state index contributed by atoms with van der Waals surface area (Å²) in [6, 6.07) is 11.6. The van der Waals surface area contributed by atoms with Crippen LogP contribution >= 0.6 is 0 Å². The number of hydrogen-bond acceptors (Lipinski definition) is 5. The van der Waals surface area contributed by atoms with Crippen LogP contribution in [-0.4, -0.2) is 65.5 Å². The molecule has 0 spiro atoms. The van der Waals surface area contributed by atoms with Crippen molar-refractivity contribution < 1.29 is 19.1 Å². The standard InChI is InChI=1S/C25H31N3O4/c1-18(2)12-27-13-22(31-16-19-6-5-9-26-11-19)14-28(15-24(27)29)25(30)21-10-20-7-3-4-8-23(20)32-17-21/h3-9,11,18,21-22H,10,12-17H2,1-2H3/t21-,22-/m0/s1. The zero-order chi connectivity index (χ0) is 22.5. The molecule has 1 saturated heterocycles. The fraction of sp³-hybridized carbons (Fsp3) is 0.480. The molecule has 2 aromatic rings. The second-order valence-corrected chi connectivity index (χ2v) is 9.03. The summed E-state index contributed by atoms with van der Waals surface area (Å²) in [7, 11) is 0. The number of rotatable bonds is 6. The summed E-state index contributed by atoms with van der Waals surface area (Å²) < 4.78 is 12.0. The zero-order valence-electron chi connectivity index (χ0n) is 18.8. The number of hydrogen-bond donors (Lipinski definition) is 0. The number of amides is 2. The molecule has 7 nitrogen and oxygen atoms in total. The summed E-state index contributed by atoms with van der Waals surface area (Å²) in [5.41, 5.74) is 2.00. The van der Waals surface area contributed by atoms with Crippen LogP contribution in [0.5, 0.6) is 5.75 Å². The van der Waals surface area contributed by atoms with Crippen LogP contribution in [0.1, 0.15) is 25.0 Å². The molecule has 1 fully saturated rings. The lowest BCUT2D eigenvalue weighted by Crippen LogP contribution is -2.45. The van der Waals surface area contributed by atoms with Crippen molar-refractivity contribution in [3.05, 3.63) is 59.9 Å². The number of pyridine rings is 1. The maximum absolute atomic E-state index is 13.4. The van der Waals surface area contributed by atoms with Crippen LogP contribution in [-0.2, 0) is 27.4 Å². The number of benzene rings is 1. The Morgan fingerprint density at radius 2 is 2.06 bits per heavy atom. The summed E-state index contributed by atoms with van der Waals surface area (Å²) in [5.74, 6) is 0.798. The third-order valence-electron chi connectivity index (χ3n) is 5.86. The summed E-state index contributed by atoms with van der Waals surface area (Å²) in [6.07, 6.45) is 3.86. The van der Waals surface area contributed by atoms with Crippen molar-refractivity contribution in [1.82, 2.24) is 14.8 Å². The fourth-order valence-corrected chi connectivity index (χ4v) is 4.31. The van der Waals surface area contributed by atoms with Crippen LogP contribution in [0.4, 0.5) is 0 Å². The minimum atomic E-state index is -0.298. The van der Waals surface area contributed by atoms with E-state index in [2.05, 4.69) is 18.8 Å². The topological polar surface area (TPSA) is 72.0 Å². The smallest absolute Gasteiger partial charge is 0.242 e. The van der Waals surface area contributed by atoms with Crippen molar-refractivity contribution >= 4 is 11.8 Å². The van der Waals surface area contributed by atoms with Crippen LogP contribution in [0, 0.1) is 11.8 Å². The van der Waals surface area contributed by atoms with E-state index in [0.29, 0.717) is 45.2 Å². The van der Waals surface area contributed by atoms with E-state index in [0.717, 1.165) is 16.9 Å². The number of nitrogens with zero attached hydrogens (tertiary/aromatic N) is 3. The minimum Gasteiger partial charge on any atom is -0.492 e. The van der Waals surface area contributed by atoms with Gasteiger partial charge in [-0.3, -0.25) is 14.6 Å². The fourth-order valence-electron chi connectivity index (χ4n) is 4.31. The number of aromatic nitrogens is 1. The van der Waals surface area contributed by atoms with Gasteiger partial charge in [0.25, 0.3) is 0 Å². The Morgan fingerprint density at radius 1 is 1.22 bits per heavy atom. The highest BCUT2D eigenvalue weighted by Crippen LogP contribution is 2.28. The molecular weight excluding hydrogens is 406 g/mol. The van der Waals surface area contributed by atoms with Crippen molar-refractivity contribution in [2.45, 2.75) is 33.0 Å². The second-order valence-electron chi connectivity index (χ2n) is 9.03. The van der Waals surface area contributed by atoms with Gasteiger partial charge in [-0.1, -0.05) is 38.1 Å². The quantitative estimate of drug-likeness (QED) is 0.695. The van der Waals surface area contributed by atoms with Gasteiger partial charge in [0.05, 0.1) is 25.2 Å².